The lowest BCUT2D eigenvalue weighted by atomic mass is 10.2. The summed E-state index contributed by atoms with van der Waals surface area (Å²) in [5, 5.41) is 4.28. The fraction of sp³-hybridized carbons (Fsp3) is 0.923. The Hall–Kier alpha value is -0.0300. The molecule has 1 aliphatic heterocycles. The summed E-state index contributed by atoms with van der Waals surface area (Å²) in [5.41, 5.74) is 0. The molecule has 1 heterocycles. The van der Waals surface area contributed by atoms with Crippen molar-refractivity contribution in [1.29, 1.82) is 0 Å². The predicted molar refractivity (Wildman–Crippen MR) is 87.1 cm³/mol. The highest BCUT2D eigenvalue weighted by Crippen LogP contribution is 2.22. The van der Waals surface area contributed by atoms with Crippen LogP contribution in [-0.4, -0.2) is 59.5 Å². The van der Waals surface area contributed by atoms with Crippen molar-refractivity contribution < 1.29 is 0 Å². The molecule has 1 unspecified atom stereocenters. The van der Waals surface area contributed by atoms with Gasteiger partial charge in [-0.15, -0.1) is 0 Å². The molecule has 0 aromatic carbocycles. The fourth-order valence-electron chi connectivity index (χ4n) is 1.86. The minimum absolute atomic E-state index is 0.255. The zero-order valence-electron chi connectivity index (χ0n) is 12.3. The van der Waals surface area contributed by atoms with Crippen LogP contribution in [0.5, 0.6) is 0 Å². The van der Waals surface area contributed by atoms with E-state index in [1.165, 1.54) is 12.2 Å². The minimum atomic E-state index is 0.255. The summed E-state index contributed by atoms with van der Waals surface area (Å²) in [5.74, 6) is 2.28. The highest BCUT2D eigenvalue weighted by molar-refractivity contribution is 8.00. The van der Waals surface area contributed by atoms with Crippen LogP contribution in [-0.2, 0) is 0 Å². The molecule has 1 N–H and O–H groups in total. The van der Waals surface area contributed by atoms with E-state index in [2.05, 4.69) is 54.0 Å². The molecule has 1 saturated heterocycles. The van der Waals surface area contributed by atoms with Gasteiger partial charge in [0.2, 0.25) is 0 Å². The van der Waals surface area contributed by atoms with Crippen molar-refractivity contribution >= 4 is 29.5 Å². The zero-order chi connectivity index (χ0) is 13.6. The molecule has 0 aromatic rings. The van der Waals surface area contributed by atoms with Gasteiger partial charge in [0.05, 0.1) is 0 Å². The first-order chi connectivity index (χ1) is 8.52. The molecule has 1 fully saturated rings. The van der Waals surface area contributed by atoms with E-state index in [1.807, 2.05) is 18.8 Å². The van der Waals surface area contributed by atoms with E-state index >= 15 is 0 Å². The maximum atomic E-state index is 4.43. The van der Waals surface area contributed by atoms with Gasteiger partial charge in [-0.1, -0.05) is 6.92 Å². The maximum Gasteiger partial charge on any atom is 0.193 e. The molecule has 1 atom stereocenters. The molecule has 0 aromatic heterocycles. The van der Waals surface area contributed by atoms with Crippen molar-refractivity contribution in [2.24, 2.45) is 4.99 Å². The van der Waals surface area contributed by atoms with Crippen molar-refractivity contribution in [1.82, 2.24) is 10.2 Å². The van der Waals surface area contributed by atoms with Crippen molar-refractivity contribution in [2.75, 3.05) is 38.7 Å². The van der Waals surface area contributed by atoms with Crippen LogP contribution in [0.15, 0.2) is 4.99 Å². The summed E-state index contributed by atoms with van der Waals surface area (Å²) < 4.78 is 0.255. The number of hydrogen-bond donors (Lipinski definition) is 1. The molecule has 0 aliphatic carbocycles. The summed E-state index contributed by atoms with van der Waals surface area (Å²) >= 11 is 3.99. The predicted octanol–water partition coefficient (Wildman–Crippen LogP) is 2.53. The maximum absolute atomic E-state index is 4.43. The smallest absolute Gasteiger partial charge is 0.193 e. The topological polar surface area (TPSA) is 27.6 Å². The Labute approximate surface area is 121 Å². The van der Waals surface area contributed by atoms with Gasteiger partial charge >= 0.3 is 0 Å². The van der Waals surface area contributed by atoms with E-state index in [9.17, 15) is 0 Å². The Morgan fingerprint density at radius 3 is 2.83 bits per heavy atom. The van der Waals surface area contributed by atoms with Crippen molar-refractivity contribution in [3.8, 4) is 0 Å². The normalized spacial score (nSPS) is 22.2. The van der Waals surface area contributed by atoms with Gasteiger partial charge in [0, 0.05) is 42.4 Å². The highest BCUT2D eigenvalue weighted by atomic mass is 32.2. The van der Waals surface area contributed by atoms with Gasteiger partial charge in [0.1, 0.15) is 0 Å². The van der Waals surface area contributed by atoms with E-state index in [4.69, 9.17) is 0 Å². The summed E-state index contributed by atoms with van der Waals surface area (Å²) in [6.45, 7) is 9.99. The number of guanidine groups is 1. The summed E-state index contributed by atoms with van der Waals surface area (Å²) in [6.07, 6.45) is 3.41. The van der Waals surface area contributed by atoms with Gasteiger partial charge in [-0.05, 0) is 26.5 Å². The van der Waals surface area contributed by atoms with Gasteiger partial charge in [0.15, 0.2) is 5.96 Å². The Balaban J connectivity index is 2.51. The number of aliphatic imine (C=N–C) groups is 1. The van der Waals surface area contributed by atoms with E-state index in [-0.39, 0.29) is 4.75 Å². The quantitative estimate of drug-likeness (QED) is 0.636. The van der Waals surface area contributed by atoms with Gasteiger partial charge in [-0.2, -0.15) is 23.5 Å². The number of hydrogen-bond acceptors (Lipinski definition) is 3. The second-order valence-corrected chi connectivity index (χ2v) is 8.13. The Kier molecular flexibility index (Phi) is 6.71. The summed E-state index contributed by atoms with van der Waals surface area (Å²) in [6, 6.07) is 0. The number of thioether (sulfide) groups is 2. The SMILES string of the molecule is CCC1CN(C(=NC)NCC(C)(C)SC)CCS1. The minimum Gasteiger partial charge on any atom is -0.355 e. The lowest BCUT2D eigenvalue weighted by Crippen LogP contribution is -2.50. The lowest BCUT2D eigenvalue weighted by Gasteiger charge is -2.35. The van der Waals surface area contributed by atoms with Crippen LogP contribution in [0.1, 0.15) is 27.2 Å². The second kappa shape index (κ2) is 7.53. The molecule has 1 aliphatic rings. The van der Waals surface area contributed by atoms with Crippen LogP contribution in [0, 0.1) is 0 Å². The molecule has 0 bridgehead atoms. The Bertz CT molecular complexity index is 279. The van der Waals surface area contributed by atoms with E-state index < -0.39 is 0 Å². The third kappa shape index (κ3) is 4.92. The molecule has 1 rings (SSSR count). The van der Waals surface area contributed by atoms with Gasteiger partial charge in [0.25, 0.3) is 0 Å². The summed E-state index contributed by atoms with van der Waals surface area (Å²) in [4.78, 5) is 6.83. The number of rotatable bonds is 4. The van der Waals surface area contributed by atoms with Gasteiger partial charge in [-0.3, -0.25) is 4.99 Å². The Morgan fingerprint density at radius 2 is 2.28 bits per heavy atom. The third-order valence-electron chi connectivity index (χ3n) is 3.33. The zero-order valence-corrected chi connectivity index (χ0v) is 14.0. The molecule has 18 heavy (non-hydrogen) atoms. The third-order valence-corrected chi connectivity index (χ3v) is 5.95. The first kappa shape index (κ1) is 16.0. The standard InChI is InChI=1S/C13H27N3S2/c1-6-11-9-16(7-8-18-11)12(14-4)15-10-13(2,3)17-5/h11H,6-10H2,1-5H3,(H,14,15). The molecule has 0 saturated carbocycles. The molecule has 0 radical (unpaired) electrons. The largest absolute Gasteiger partial charge is 0.355 e. The van der Waals surface area contributed by atoms with E-state index in [0.717, 1.165) is 30.8 Å². The van der Waals surface area contributed by atoms with Crippen molar-refractivity contribution in [2.45, 2.75) is 37.2 Å². The molecule has 0 spiro atoms. The molecular weight excluding hydrogens is 262 g/mol. The number of nitrogens with zero attached hydrogens (tertiary/aromatic N) is 2. The molecule has 5 heteroatoms. The lowest BCUT2D eigenvalue weighted by molar-refractivity contribution is 0.406. The fourth-order valence-corrected chi connectivity index (χ4v) is 3.25. The second-order valence-electron chi connectivity index (χ2n) is 5.21. The van der Waals surface area contributed by atoms with Crippen LogP contribution < -0.4 is 5.32 Å². The molecular formula is C13H27N3S2. The Morgan fingerprint density at radius 1 is 1.56 bits per heavy atom. The van der Waals surface area contributed by atoms with E-state index in [0.29, 0.717) is 0 Å². The van der Waals surface area contributed by atoms with E-state index in [1.54, 1.807) is 0 Å². The monoisotopic (exact) mass is 289 g/mol. The highest BCUT2D eigenvalue weighted by Gasteiger charge is 2.23. The van der Waals surface area contributed by atoms with Crippen molar-refractivity contribution in [3.05, 3.63) is 0 Å². The molecule has 3 nitrogen and oxygen atoms in total. The van der Waals surface area contributed by atoms with Gasteiger partial charge < -0.3 is 10.2 Å². The average Bonchev–Trinajstić information content (AvgIpc) is 2.39. The van der Waals surface area contributed by atoms with Crippen LogP contribution in [0.25, 0.3) is 0 Å². The van der Waals surface area contributed by atoms with Crippen LogP contribution in [0.2, 0.25) is 0 Å². The number of nitrogens with one attached hydrogen (secondary N) is 1. The average molecular weight is 290 g/mol. The first-order valence-electron chi connectivity index (χ1n) is 6.64. The van der Waals surface area contributed by atoms with Crippen LogP contribution in [0.4, 0.5) is 0 Å². The first-order valence-corrected chi connectivity index (χ1v) is 8.92. The summed E-state index contributed by atoms with van der Waals surface area (Å²) in [7, 11) is 1.89. The van der Waals surface area contributed by atoms with Gasteiger partial charge in [-0.25, -0.2) is 0 Å². The van der Waals surface area contributed by atoms with Crippen LogP contribution >= 0.6 is 23.5 Å². The van der Waals surface area contributed by atoms with Crippen LogP contribution in [0.3, 0.4) is 0 Å². The molecule has 0 amide bonds. The van der Waals surface area contributed by atoms with Crippen molar-refractivity contribution in [3.63, 3.8) is 0 Å². The molecule has 106 valence electrons.